The molecule has 0 aliphatic heterocycles. The fourth-order valence-electron chi connectivity index (χ4n) is 0.374. The van der Waals surface area contributed by atoms with Gasteiger partial charge in [0.15, 0.2) is 0 Å². The lowest BCUT2D eigenvalue weighted by atomic mass is 10.6. The first-order valence-corrected chi connectivity index (χ1v) is 2.51. The van der Waals surface area contributed by atoms with Gasteiger partial charge in [0.1, 0.15) is 11.5 Å². The van der Waals surface area contributed by atoms with E-state index in [0.29, 0.717) is 0 Å². The zero-order valence-electron chi connectivity index (χ0n) is 4.28. The smallest absolute Gasteiger partial charge is 0.201 e. The molecule has 1 aromatic rings. The maximum Gasteiger partial charge on any atom is 0.201 e. The van der Waals surface area contributed by atoms with Crippen molar-refractivity contribution in [3.63, 3.8) is 0 Å². The van der Waals surface area contributed by atoms with Gasteiger partial charge in [-0.15, -0.1) is 4.91 Å². The molecule has 0 amide bonds. The molecule has 0 aliphatic carbocycles. The van der Waals surface area contributed by atoms with Crippen LogP contribution in [-0.4, -0.2) is 9.97 Å². The molecular weight excluding hydrogens is 142 g/mol. The Labute approximate surface area is 55.9 Å². The van der Waals surface area contributed by atoms with E-state index in [1.165, 1.54) is 12.4 Å². The van der Waals surface area contributed by atoms with E-state index < -0.39 is 0 Å². The quantitative estimate of drug-likeness (QED) is 0.443. The minimum absolute atomic E-state index is 0.0509. The summed E-state index contributed by atoms with van der Waals surface area (Å²) in [6.07, 6.45) is 1.18. The van der Waals surface area contributed by atoms with E-state index in [2.05, 4.69) is 15.1 Å². The molecule has 4 nitrogen and oxygen atoms in total. The fraction of sp³-hybridized carbons (Fsp3) is 0. The van der Waals surface area contributed by atoms with Crippen LogP contribution in [0.1, 0.15) is 0 Å². The van der Waals surface area contributed by atoms with Crippen LogP contribution in [0.3, 0.4) is 0 Å². The molecule has 0 saturated carbocycles. The van der Waals surface area contributed by atoms with Gasteiger partial charge in [-0.05, 0) is 5.18 Å². The standard InChI is InChI=1S/C4H2ClN3O/c5-3-1-4(8-9)7-2-6-3/h1-2H. The van der Waals surface area contributed by atoms with Gasteiger partial charge in [-0.1, -0.05) is 11.6 Å². The van der Waals surface area contributed by atoms with Crippen LogP contribution in [0.25, 0.3) is 0 Å². The molecule has 0 aromatic carbocycles. The summed E-state index contributed by atoms with van der Waals surface area (Å²) < 4.78 is 0. The van der Waals surface area contributed by atoms with E-state index >= 15 is 0 Å². The van der Waals surface area contributed by atoms with Gasteiger partial charge in [-0.25, -0.2) is 9.97 Å². The Morgan fingerprint density at radius 2 is 2.33 bits per heavy atom. The van der Waals surface area contributed by atoms with E-state index in [-0.39, 0.29) is 11.0 Å². The summed E-state index contributed by atoms with van der Waals surface area (Å²) in [4.78, 5) is 16.8. The highest BCUT2D eigenvalue weighted by molar-refractivity contribution is 6.29. The van der Waals surface area contributed by atoms with E-state index in [0.717, 1.165) is 0 Å². The Bertz CT molecular complexity index is 227. The van der Waals surface area contributed by atoms with Crippen molar-refractivity contribution < 1.29 is 0 Å². The second-order valence-electron chi connectivity index (χ2n) is 1.29. The van der Waals surface area contributed by atoms with E-state index in [4.69, 9.17) is 11.6 Å². The first-order chi connectivity index (χ1) is 4.33. The first-order valence-electron chi connectivity index (χ1n) is 2.14. The molecule has 0 saturated heterocycles. The summed E-state index contributed by atoms with van der Waals surface area (Å²) >= 11 is 5.37. The number of halogens is 1. The maximum absolute atomic E-state index is 9.76. The predicted molar refractivity (Wildman–Crippen MR) is 32.5 cm³/mol. The van der Waals surface area contributed by atoms with Crippen LogP contribution in [0, 0.1) is 4.91 Å². The molecule has 1 aromatic heterocycles. The Hall–Kier alpha value is -1.03. The van der Waals surface area contributed by atoms with Gasteiger partial charge in [0.25, 0.3) is 0 Å². The SMILES string of the molecule is O=Nc1cc(Cl)ncn1. The summed E-state index contributed by atoms with van der Waals surface area (Å²) in [5.74, 6) is 0.0509. The Morgan fingerprint density at radius 3 is 2.78 bits per heavy atom. The summed E-state index contributed by atoms with van der Waals surface area (Å²) in [6.45, 7) is 0. The van der Waals surface area contributed by atoms with Crippen molar-refractivity contribution in [3.05, 3.63) is 22.5 Å². The van der Waals surface area contributed by atoms with Crippen molar-refractivity contribution in [3.8, 4) is 0 Å². The number of nitrogens with zero attached hydrogens (tertiary/aromatic N) is 3. The van der Waals surface area contributed by atoms with Crippen LogP contribution in [0.15, 0.2) is 17.6 Å². The van der Waals surface area contributed by atoms with E-state index in [9.17, 15) is 4.91 Å². The van der Waals surface area contributed by atoms with Crippen molar-refractivity contribution in [2.75, 3.05) is 0 Å². The Balaban J connectivity index is 3.07. The summed E-state index contributed by atoms with van der Waals surface area (Å²) in [7, 11) is 0. The lowest BCUT2D eigenvalue weighted by Gasteiger charge is -1.85. The minimum atomic E-state index is 0.0509. The van der Waals surface area contributed by atoms with Gasteiger partial charge < -0.3 is 0 Å². The normalized spacial score (nSPS) is 9.00. The number of hydrogen-bond donors (Lipinski definition) is 0. The molecule has 0 radical (unpaired) electrons. The van der Waals surface area contributed by atoms with Crippen LogP contribution in [0.4, 0.5) is 5.82 Å². The molecule has 1 heterocycles. The van der Waals surface area contributed by atoms with Crippen LogP contribution in [0.5, 0.6) is 0 Å². The Kier molecular flexibility index (Phi) is 1.69. The highest BCUT2D eigenvalue weighted by atomic mass is 35.5. The highest BCUT2D eigenvalue weighted by Gasteiger charge is 1.92. The second kappa shape index (κ2) is 2.50. The highest BCUT2D eigenvalue weighted by Crippen LogP contribution is 2.10. The van der Waals surface area contributed by atoms with Crippen molar-refractivity contribution >= 4 is 17.4 Å². The molecule has 0 N–H and O–H groups in total. The second-order valence-corrected chi connectivity index (χ2v) is 1.68. The number of aromatic nitrogens is 2. The molecule has 46 valence electrons. The number of hydrogen-bond acceptors (Lipinski definition) is 4. The zero-order chi connectivity index (χ0) is 6.69. The number of rotatable bonds is 1. The third-order valence-corrected chi connectivity index (χ3v) is 0.920. The van der Waals surface area contributed by atoms with Gasteiger partial charge in [-0.3, -0.25) is 0 Å². The van der Waals surface area contributed by atoms with Crippen molar-refractivity contribution in [1.29, 1.82) is 0 Å². The number of nitroso groups, excluding NO2 is 1. The molecule has 0 spiro atoms. The van der Waals surface area contributed by atoms with Crippen molar-refractivity contribution in [1.82, 2.24) is 9.97 Å². The van der Waals surface area contributed by atoms with Gasteiger partial charge in [0.05, 0.1) is 0 Å². The minimum Gasteiger partial charge on any atom is -0.224 e. The third-order valence-electron chi connectivity index (χ3n) is 0.713. The van der Waals surface area contributed by atoms with Gasteiger partial charge in [-0.2, -0.15) is 0 Å². The molecular formula is C4H2ClN3O. The predicted octanol–water partition coefficient (Wildman–Crippen LogP) is 1.53. The molecule has 1 rings (SSSR count). The summed E-state index contributed by atoms with van der Waals surface area (Å²) in [5, 5.41) is 2.77. The molecule has 0 atom stereocenters. The molecule has 5 heteroatoms. The van der Waals surface area contributed by atoms with Crippen LogP contribution >= 0.6 is 11.6 Å². The van der Waals surface area contributed by atoms with Crippen molar-refractivity contribution in [2.45, 2.75) is 0 Å². The van der Waals surface area contributed by atoms with Crippen molar-refractivity contribution in [2.24, 2.45) is 5.18 Å². The van der Waals surface area contributed by atoms with Gasteiger partial charge in [0, 0.05) is 6.07 Å². The molecule has 0 aliphatic rings. The summed E-state index contributed by atoms with van der Waals surface area (Å²) in [6, 6.07) is 1.29. The average molecular weight is 144 g/mol. The Morgan fingerprint density at radius 1 is 1.56 bits per heavy atom. The third kappa shape index (κ3) is 1.43. The fourth-order valence-corrected chi connectivity index (χ4v) is 0.515. The topological polar surface area (TPSA) is 55.2 Å². The monoisotopic (exact) mass is 143 g/mol. The summed E-state index contributed by atoms with van der Waals surface area (Å²) in [5.41, 5.74) is 0. The molecule has 9 heavy (non-hydrogen) atoms. The van der Waals surface area contributed by atoms with Crippen LogP contribution in [-0.2, 0) is 0 Å². The molecule has 0 fully saturated rings. The van der Waals surface area contributed by atoms with Crippen LogP contribution in [0.2, 0.25) is 5.15 Å². The average Bonchev–Trinajstić information content (AvgIpc) is 1.88. The maximum atomic E-state index is 9.76. The van der Waals surface area contributed by atoms with Gasteiger partial charge in [0.2, 0.25) is 5.82 Å². The lowest BCUT2D eigenvalue weighted by molar-refractivity contribution is 1.15. The first kappa shape index (κ1) is 6.10. The van der Waals surface area contributed by atoms with Gasteiger partial charge >= 0.3 is 0 Å². The molecule has 0 bridgehead atoms. The zero-order valence-corrected chi connectivity index (χ0v) is 5.04. The van der Waals surface area contributed by atoms with E-state index in [1.807, 2.05) is 0 Å². The lowest BCUT2D eigenvalue weighted by Crippen LogP contribution is -1.75. The molecule has 0 unspecified atom stereocenters. The van der Waals surface area contributed by atoms with E-state index in [1.54, 1.807) is 0 Å². The van der Waals surface area contributed by atoms with Crippen LogP contribution < -0.4 is 0 Å². The largest absolute Gasteiger partial charge is 0.224 e.